The maximum Gasteiger partial charge on any atom is 0.488 e. The average Bonchev–Trinajstić information content (AvgIpc) is 2.91. The minimum absolute atomic E-state index is 0.0971. The van der Waals surface area contributed by atoms with E-state index in [-0.39, 0.29) is 5.69 Å². The molecule has 2 aromatic rings. The number of carbonyl (C=O) groups is 1. The number of carbonyl (C=O) groups excluding carboxylic acids is 1. The lowest BCUT2D eigenvalue weighted by atomic mass is 9.80. The third kappa shape index (κ3) is 4.20. The molecule has 0 atom stereocenters. The number of carboxylic acids is 1. The molecular weight excluding hydrogens is 327 g/mol. The predicted octanol–water partition coefficient (Wildman–Crippen LogP) is 0.0392. The van der Waals surface area contributed by atoms with Crippen molar-refractivity contribution in [2.24, 2.45) is 0 Å². The van der Waals surface area contributed by atoms with Crippen molar-refractivity contribution >= 4 is 30.3 Å². The van der Waals surface area contributed by atoms with Crippen LogP contribution in [0.4, 0.5) is 0 Å². The van der Waals surface area contributed by atoms with Crippen molar-refractivity contribution in [1.82, 2.24) is 9.55 Å². The second-order valence-electron chi connectivity index (χ2n) is 5.48. The molecule has 0 bridgehead atoms. The summed E-state index contributed by atoms with van der Waals surface area (Å²) in [6.45, 7) is 2.42. The first-order valence-corrected chi connectivity index (χ1v) is 9.00. The molecule has 0 spiro atoms. The van der Waals surface area contributed by atoms with Gasteiger partial charge in [-0.15, -0.1) is 11.8 Å². The standard InChI is InChI=1S/C16H21BN2O4S/c1-3-4-5-13-18-15(24-2)14(16(20)21)19(13)10-11-6-8-12(9-7-11)17(22)23/h6-9,22-23H,3-5,10H2,1-2H3,(H,20,21)/p-1. The van der Waals surface area contributed by atoms with E-state index in [4.69, 9.17) is 10.0 Å². The Bertz CT molecular complexity index is 701. The Morgan fingerprint density at radius 1 is 1.33 bits per heavy atom. The summed E-state index contributed by atoms with van der Waals surface area (Å²) in [5.74, 6) is -0.510. The summed E-state index contributed by atoms with van der Waals surface area (Å²) in [4.78, 5) is 16.0. The highest BCUT2D eigenvalue weighted by atomic mass is 32.2. The average molecular weight is 347 g/mol. The van der Waals surface area contributed by atoms with E-state index < -0.39 is 13.1 Å². The number of thioether (sulfide) groups is 1. The topological polar surface area (TPSA) is 98.4 Å². The second-order valence-corrected chi connectivity index (χ2v) is 6.27. The SMILES string of the molecule is CCCCc1nc(SC)c(C(=O)[O-])n1Cc1ccc(B(O)O)cc1. The quantitative estimate of drug-likeness (QED) is 0.517. The summed E-state index contributed by atoms with van der Waals surface area (Å²) in [6, 6.07) is 6.71. The van der Waals surface area contributed by atoms with E-state index in [9.17, 15) is 9.90 Å². The highest BCUT2D eigenvalue weighted by molar-refractivity contribution is 7.98. The molecule has 0 aliphatic heterocycles. The first-order chi connectivity index (χ1) is 11.5. The molecule has 0 radical (unpaired) electrons. The van der Waals surface area contributed by atoms with Crippen molar-refractivity contribution in [2.45, 2.75) is 37.8 Å². The zero-order valence-electron chi connectivity index (χ0n) is 13.7. The van der Waals surface area contributed by atoms with E-state index in [0.717, 1.165) is 24.2 Å². The number of hydrogen-bond acceptors (Lipinski definition) is 6. The van der Waals surface area contributed by atoms with Gasteiger partial charge in [0.2, 0.25) is 0 Å². The molecule has 1 heterocycles. The van der Waals surface area contributed by atoms with E-state index in [2.05, 4.69) is 11.9 Å². The molecule has 0 amide bonds. The number of benzene rings is 1. The van der Waals surface area contributed by atoms with Gasteiger partial charge in [0.1, 0.15) is 10.9 Å². The number of aromatic carboxylic acids is 1. The molecule has 0 aliphatic rings. The number of nitrogens with zero attached hydrogens (tertiary/aromatic N) is 2. The lowest BCUT2D eigenvalue weighted by molar-refractivity contribution is -0.256. The van der Waals surface area contributed by atoms with Crippen LogP contribution in [-0.4, -0.2) is 38.9 Å². The maximum atomic E-state index is 11.6. The molecule has 2 rings (SSSR count). The Labute approximate surface area is 145 Å². The van der Waals surface area contributed by atoms with Gasteiger partial charge in [-0.3, -0.25) is 0 Å². The number of aromatic nitrogens is 2. The van der Waals surface area contributed by atoms with Crippen LogP contribution in [-0.2, 0) is 13.0 Å². The van der Waals surface area contributed by atoms with Crippen LogP contribution in [0.5, 0.6) is 0 Å². The zero-order valence-corrected chi connectivity index (χ0v) is 14.5. The predicted molar refractivity (Wildman–Crippen MR) is 92.3 cm³/mol. The molecule has 0 saturated carbocycles. The first-order valence-electron chi connectivity index (χ1n) is 7.77. The van der Waals surface area contributed by atoms with E-state index in [1.807, 2.05) is 0 Å². The Hall–Kier alpha value is -1.77. The fourth-order valence-electron chi connectivity index (χ4n) is 2.49. The van der Waals surface area contributed by atoms with Gasteiger partial charge in [0.05, 0.1) is 11.7 Å². The van der Waals surface area contributed by atoms with Crippen molar-refractivity contribution in [3.05, 3.63) is 41.3 Å². The van der Waals surface area contributed by atoms with E-state index in [1.54, 1.807) is 35.1 Å². The zero-order chi connectivity index (χ0) is 17.7. The summed E-state index contributed by atoms with van der Waals surface area (Å²) in [6.07, 6.45) is 4.41. The van der Waals surface area contributed by atoms with Gasteiger partial charge in [0.15, 0.2) is 0 Å². The Morgan fingerprint density at radius 3 is 2.50 bits per heavy atom. The number of aryl methyl sites for hydroxylation is 1. The highest BCUT2D eigenvalue weighted by Gasteiger charge is 2.18. The van der Waals surface area contributed by atoms with Crippen LogP contribution >= 0.6 is 11.8 Å². The number of carboxylic acid groups (broad SMARTS) is 1. The van der Waals surface area contributed by atoms with E-state index >= 15 is 0 Å². The largest absolute Gasteiger partial charge is 0.543 e. The molecule has 128 valence electrons. The third-order valence-corrected chi connectivity index (χ3v) is 4.45. The van der Waals surface area contributed by atoms with Crippen LogP contribution in [0.2, 0.25) is 0 Å². The summed E-state index contributed by atoms with van der Waals surface area (Å²) in [7, 11) is -1.52. The van der Waals surface area contributed by atoms with Crippen LogP contribution in [0.1, 0.15) is 41.6 Å². The van der Waals surface area contributed by atoms with Crippen molar-refractivity contribution in [3.63, 3.8) is 0 Å². The molecule has 0 saturated heterocycles. The second kappa shape index (κ2) is 8.37. The Balaban J connectivity index is 2.38. The molecule has 8 heteroatoms. The molecule has 6 nitrogen and oxygen atoms in total. The summed E-state index contributed by atoms with van der Waals surface area (Å²) < 4.78 is 1.68. The normalized spacial score (nSPS) is 10.8. The summed E-state index contributed by atoms with van der Waals surface area (Å²) in [5.41, 5.74) is 1.34. The maximum absolute atomic E-state index is 11.6. The van der Waals surface area contributed by atoms with Crippen molar-refractivity contribution in [1.29, 1.82) is 0 Å². The third-order valence-electron chi connectivity index (χ3n) is 3.77. The van der Waals surface area contributed by atoms with Crippen LogP contribution < -0.4 is 10.6 Å². The van der Waals surface area contributed by atoms with E-state index in [1.165, 1.54) is 11.8 Å². The van der Waals surface area contributed by atoms with Gasteiger partial charge >= 0.3 is 7.12 Å². The molecule has 0 aliphatic carbocycles. The van der Waals surface area contributed by atoms with Gasteiger partial charge in [-0.05, 0) is 23.7 Å². The molecule has 1 aromatic carbocycles. The fraction of sp³-hybridized carbons (Fsp3) is 0.375. The smallest absolute Gasteiger partial charge is 0.488 e. The first kappa shape index (κ1) is 18.6. The number of hydrogen-bond donors (Lipinski definition) is 2. The Kier molecular flexibility index (Phi) is 6.48. The number of imidazole rings is 1. The Morgan fingerprint density at radius 2 is 2.00 bits per heavy atom. The van der Waals surface area contributed by atoms with Gasteiger partial charge < -0.3 is 24.5 Å². The lowest BCUT2D eigenvalue weighted by Crippen LogP contribution is -2.29. The van der Waals surface area contributed by atoms with Gasteiger partial charge in [-0.2, -0.15) is 0 Å². The monoisotopic (exact) mass is 347 g/mol. The van der Waals surface area contributed by atoms with Crippen LogP contribution in [0.3, 0.4) is 0 Å². The molecular formula is C16H20BN2O4S-. The van der Waals surface area contributed by atoms with E-state index in [0.29, 0.717) is 23.5 Å². The van der Waals surface area contributed by atoms with Crippen LogP contribution in [0.25, 0.3) is 0 Å². The summed E-state index contributed by atoms with van der Waals surface area (Å²) >= 11 is 1.29. The number of unbranched alkanes of at least 4 members (excludes halogenated alkanes) is 1. The van der Waals surface area contributed by atoms with Gasteiger partial charge in [0.25, 0.3) is 0 Å². The van der Waals surface area contributed by atoms with Crippen molar-refractivity contribution < 1.29 is 19.9 Å². The molecule has 0 fully saturated rings. The lowest BCUT2D eigenvalue weighted by Gasteiger charge is -2.13. The van der Waals surface area contributed by atoms with Crippen LogP contribution in [0.15, 0.2) is 29.3 Å². The fourth-order valence-corrected chi connectivity index (χ4v) is 3.07. The van der Waals surface area contributed by atoms with Gasteiger partial charge in [-0.1, -0.05) is 37.6 Å². The van der Waals surface area contributed by atoms with Gasteiger partial charge in [-0.25, -0.2) is 4.98 Å². The minimum Gasteiger partial charge on any atom is -0.543 e. The highest BCUT2D eigenvalue weighted by Crippen LogP contribution is 2.23. The minimum atomic E-state index is -1.52. The van der Waals surface area contributed by atoms with Crippen molar-refractivity contribution in [3.8, 4) is 0 Å². The van der Waals surface area contributed by atoms with Crippen molar-refractivity contribution in [2.75, 3.05) is 6.26 Å². The molecule has 1 aromatic heterocycles. The molecule has 0 unspecified atom stereocenters. The number of rotatable bonds is 8. The van der Waals surface area contributed by atoms with Crippen LogP contribution in [0, 0.1) is 0 Å². The molecule has 24 heavy (non-hydrogen) atoms. The molecule has 2 N–H and O–H groups in total. The summed E-state index contributed by atoms with van der Waals surface area (Å²) in [5, 5.41) is 30.3. The van der Waals surface area contributed by atoms with Gasteiger partial charge in [0, 0.05) is 13.0 Å².